The van der Waals surface area contributed by atoms with E-state index in [1.54, 1.807) is 0 Å². The van der Waals surface area contributed by atoms with Gasteiger partial charge in [-0.15, -0.1) is 50.9 Å². The maximum Gasteiger partial charge on any atom is 0.00279 e. The Morgan fingerprint density at radius 1 is 1.12 bits per heavy atom. The topological polar surface area (TPSA) is 0 Å². The Bertz CT molecular complexity index is 18.8. The summed E-state index contributed by atoms with van der Waals surface area (Å²) in [5.74, 6) is 0. The number of halogens is 3. The molecule has 0 radical (unpaired) electrons. The predicted molar refractivity (Wildman–Crippen MR) is 60.6 cm³/mol. The molecule has 0 bridgehead atoms. The van der Waals surface area contributed by atoms with E-state index in [4.69, 9.17) is 0 Å². The molecule has 4 heteroatoms. The highest BCUT2D eigenvalue weighted by molar-refractivity contribution is 8.93. The third-order valence-corrected chi connectivity index (χ3v) is 1.41. The average Bonchev–Trinajstić information content (AvgIpc) is 1.41. The second kappa shape index (κ2) is 23.4. The smallest absolute Gasteiger partial charge is 0.00279 e. The zero-order valence-corrected chi connectivity index (χ0v) is 12.5. The minimum atomic E-state index is 0. The zero-order chi connectivity index (χ0) is 4.12. The van der Waals surface area contributed by atoms with Crippen LogP contribution in [0.4, 0.5) is 0 Å². The van der Waals surface area contributed by atoms with Crippen molar-refractivity contribution in [2.45, 2.75) is 25.8 Å². The van der Waals surface area contributed by atoms with Crippen molar-refractivity contribution in [1.29, 1.82) is 0 Å². The molecule has 0 aliphatic rings. The van der Waals surface area contributed by atoms with E-state index in [9.17, 15) is 0 Å². The molecule has 0 amide bonds. The van der Waals surface area contributed by atoms with Crippen molar-refractivity contribution >= 4 is 61.2 Å². The summed E-state index contributed by atoms with van der Waals surface area (Å²) in [5.41, 5.74) is 0. The molecule has 0 aromatic rings. The quantitative estimate of drug-likeness (QED) is 0.682. The number of hydrogen-bond donors (Lipinski definition) is 0. The predicted octanol–water partition coefficient (Wildman–Crippen LogP) is 2.30. The van der Waals surface area contributed by atoms with Gasteiger partial charge in [0.05, 0.1) is 0 Å². The van der Waals surface area contributed by atoms with Crippen LogP contribution in [0.25, 0.3) is 0 Å². The largest absolute Gasteiger partial charge is 0.114 e. The lowest BCUT2D eigenvalue weighted by atomic mass is 10.4. The Morgan fingerprint density at radius 2 is 1.50 bits per heavy atom. The summed E-state index contributed by atoms with van der Waals surface area (Å²) in [5, 5.41) is 0. The van der Waals surface area contributed by atoms with Crippen molar-refractivity contribution in [3.8, 4) is 0 Å². The van der Waals surface area contributed by atoms with Gasteiger partial charge in [-0.25, -0.2) is 0 Å². The zero-order valence-electron chi connectivity index (χ0n) is 5.35. The van der Waals surface area contributed by atoms with Crippen molar-refractivity contribution in [2.75, 3.05) is 0 Å². The lowest BCUT2D eigenvalue weighted by Gasteiger charge is -1.79. The van der Waals surface area contributed by atoms with Gasteiger partial charge in [0.25, 0.3) is 0 Å². The first-order valence-corrected chi connectivity index (χ1v) is 3.83. The van der Waals surface area contributed by atoms with Crippen LogP contribution in [-0.2, 0) is 0 Å². The number of hydrogen-bond acceptors (Lipinski definition) is 0. The Morgan fingerprint density at radius 3 is 1.50 bits per heavy atom. The van der Waals surface area contributed by atoms with Gasteiger partial charge in [0.1, 0.15) is 0 Å². The van der Waals surface area contributed by atoms with Gasteiger partial charge < -0.3 is 0 Å². The van der Waals surface area contributed by atoms with Crippen molar-refractivity contribution in [1.82, 2.24) is 0 Å². The van der Waals surface area contributed by atoms with Crippen molar-refractivity contribution < 1.29 is 0 Å². The van der Waals surface area contributed by atoms with Gasteiger partial charge in [-0.3, -0.25) is 0 Å². The van der Waals surface area contributed by atoms with E-state index in [2.05, 4.69) is 6.92 Å². The lowest BCUT2D eigenvalue weighted by molar-refractivity contribution is 0.884. The normalized spacial score (nSPS) is 5.62. The molecule has 0 saturated carbocycles. The summed E-state index contributed by atoms with van der Waals surface area (Å²) in [6.07, 6.45) is 2.83. The van der Waals surface area contributed by atoms with Gasteiger partial charge in [0, 0.05) is 10.2 Å². The molecular weight excluding hydrogens is 316 g/mol. The van der Waals surface area contributed by atoms with E-state index >= 15 is 0 Å². The molecule has 0 spiro atoms. The maximum absolute atomic E-state index is 2.23. The van der Waals surface area contributed by atoms with Crippen LogP contribution in [-0.4, -0.2) is 10.2 Å². The summed E-state index contributed by atoms with van der Waals surface area (Å²) < 4.78 is 0. The standard InChI is InChI=1S/C4H12Si.3BrH/c1-2-3-4-5;;;/h2-4H2,1,5H3;3*1H. The van der Waals surface area contributed by atoms with Crippen LogP contribution < -0.4 is 0 Å². The summed E-state index contributed by atoms with van der Waals surface area (Å²) in [6, 6.07) is 1.48. The van der Waals surface area contributed by atoms with Crippen LogP contribution in [0, 0.1) is 0 Å². The summed E-state index contributed by atoms with van der Waals surface area (Å²) in [4.78, 5) is 0. The van der Waals surface area contributed by atoms with E-state index in [1.807, 2.05) is 0 Å². The van der Waals surface area contributed by atoms with Gasteiger partial charge in [-0.2, -0.15) is 0 Å². The fourth-order valence-electron chi connectivity index (χ4n) is 0.354. The second-order valence-corrected chi connectivity index (χ2v) is 2.35. The van der Waals surface area contributed by atoms with Crippen LogP contribution in [0.1, 0.15) is 19.8 Å². The first kappa shape index (κ1) is 22.6. The fourth-order valence-corrected chi connectivity index (χ4v) is 1.06. The van der Waals surface area contributed by atoms with Crippen LogP contribution in [0.15, 0.2) is 0 Å². The summed E-state index contributed by atoms with van der Waals surface area (Å²) in [6.45, 7) is 2.23. The minimum absolute atomic E-state index is 0. The lowest BCUT2D eigenvalue weighted by Crippen LogP contribution is -1.63. The third kappa shape index (κ3) is 25.4. The Hall–Kier alpha value is 1.66. The molecule has 0 aromatic carbocycles. The van der Waals surface area contributed by atoms with E-state index in [0.717, 1.165) is 0 Å². The van der Waals surface area contributed by atoms with Crippen molar-refractivity contribution in [3.63, 3.8) is 0 Å². The molecule has 0 aliphatic carbocycles. The molecular formula is C4H15Br3Si. The number of unbranched alkanes of at least 4 members (excludes halogenated alkanes) is 1. The molecule has 0 nitrogen and oxygen atoms in total. The molecule has 0 rings (SSSR count). The molecule has 56 valence electrons. The highest BCUT2D eigenvalue weighted by Crippen LogP contribution is 1.86. The van der Waals surface area contributed by atoms with Crippen LogP contribution >= 0.6 is 50.9 Å². The van der Waals surface area contributed by atoms with Crippen LogP contribution in [0.3, 0.4) is 0 Å². The molecule has 0 atom stereocenters. The van der Waals surface area contributed by atoms with Crippen molar-refractivity contribution in [2.24, 2.45) is 0 Å². The van der Waals surface area contributed by atoms with Crippen LogP contribution in [0.2, 0.25) is 6.04 Å². The first-order valence-electron chi connectivity index (χ1n) is 2.41. The highest BCUT2D eigenvalue weighted by Gasteiger charge is 1.68. The third-order valence-electron chi connectivity index (χ3n) is 0.707. The van der Waals surface area contributed by atoms with Gasteiger partial charge in [0.2, 0.25) is 0 Å². The molecule has 0 saturated heterocycles. The van der Waals surface area contributed by atoms with Gasteiger partial charge in [-0.05, 0) is 0 Å². The molecule has 0 fully saturated rings. The maximum atomic E-state index is 2.23. The molecule has 0 N–H and O–H groups in total. The summed E-state index contributed by atoms with van der Waals surface area (Å²) >= 11 is 0. The van der Waals surface area contributed by atoms with E-state index < -0.39 is 0 Å². The van der Waals surface area contributed by atoms with E-state index in [1.165, 1.54) is 29.1 Å². The van der Waals surface area contributed by atoms with Crippen LogP contribution in [0.5, 0.6) is 0 Å². The highest BCUT2D eigenvalue weighted by atomic mass is 79.9. The fraction of sp³-hybridized carbons (Fsp3) is 1.00. The number of rotatable bonds is 2. The van der Waals surface area contributed by atoms with Gasteiger partial charge in [-0.1, -0.05) is 25.8 Å². The minimum Gasteiger partial charge on any atom is -0.114 e. The molecule has 0 aromatic heterocycles. The Labute approximate surface area is 86.5 Å². The van der Waals surface area contributed by atoms with Gasteiger partial charge >= 0.3 is 0 Å². The molecule has 0 heterocycles. The second-order valence-electron chi connectivity index (χ2n) is 1.35. The van der Waals surface area contributed by atoms with E-state index in [-0.39, 0.29) is 50.9 Å². The Balaban J connectivity index is -0.0000000267. The van der Waals surface area contributed by atoms with Crippen molar-refractivity contribution in [3.05, 3.63) is 0 Å². The average molecular weight is 331 g/mol. The molecule has 0 unspecified atom stereocenters. The first-order chi connectivity index (χ1) is 2.41. The Kier molecular flexibility index (Phi) is 66.2. The summed E-state index contributed by atoms with van der Waals surface area (Å²) in [7, 11) is 1.40. The molecule has 0 aliphatic heterocycles. The van der Waals surface area contributed by atoms with Gasteiger partial charge in [0.15, 0.2) is 0 Å². The monoisotopic (exact) mass is 328 g/mol. The SMILES string of the molecule is Br.Br.Br.CCCC[SiH3]. The molecule has 8 heavy (non-hydrogen) atoms. The van der Waals surface area contributed by atoms with E-state index in [0.29, 0.717) is 0 Å².